The van der Waals surface area contributed by atoms with Crippen LogP contribution in [-0.2, 0) is 4.79 Å². The van der Waals surface area contributed by atoms with Gasteiger partial charge in [0.25, 0.3) is 0 Å². The number of ether oxygens (including phenoxy) is 2. The zero-order valence-corrected chi connectivity index (χ0v) is 13.1. The van der Waals surface area contributed by atoms with Gasteiger partial charge in [0.2, 0.25) is 0 Å². The molecular weight excluding hydrogens is 324 g/mol. The van der Waals surface area contributed by atoms with Crippen LogP contribution in [0.3, 0.4) is 0 Å². The van der Waals surface area contributed by atoms with E-state index in [0.29, 0.717) is 22.3 Å². The molecule has 0 unspecified atom stereocenters. The second kappa shape index (κ2) is 6.21. The number of esters is 1. The van der Waals surface area contributed by atoms with Crippen molar-refractivity contribution in [3.8, 4) is 11.5 Å². The predicted molar refractivity (Wildman–Crippen MR) is 85.7 cm³/mol. The van der Waals surface area contributed by atoms with Gasteiger partial charge in [-0.2, -0.15) is 0 Å². The van der Waals surface area contributed by atoms with Gasteiger partial charge in [0, 0.05) is 17.7 Å². The lowest BCUT2D eigenvalue weighted by molar-refractivity contribution is -0.129. The molecule has 0 spiro atoms. The van der Waals surface area contributed by atoms with Crippen LogP contribution in [0.15, 0.2) is 41.9 Å². The van der Waals surface area contributed by atoms with Gasteiger partial charge in [0.1, 0.15) is 0 Å². The molecular formula is C15H11ClN2O3S. The van der Waals surface area contributed by atoms with Gasteiger partial charge >= 0.3 is 5.97 Å². The van der Waals surface area contributed by atoms with Crippen LogP contribution < -0.4 is 9.47 Å². The normalized spacial score (nSPS) is 11.2. The number of fused-ring (bicyclic) bond motifs is 1. The molecule has 0 aliphatic carbocycles. The van der Waals surface area contributed by atoms with Crippen LogP contribution in [0.25, 0.3) is 11.0 Å². The molecule has 2 heterocycles. The van der Waals surface area contributed by atoms with E-state index in [4.69, 9.17) is 21.1 Å². The summed E-state index contributed by atoms with van der Waals surface area (Å²) in [6.45, 7) is 0. The Morgan fingerprint density at radius 3 is 2.91 bits per heavy atom. The molecule has 0 amide bonds. The molecule has 0 N–H and O–H groups in total. The highest BCUT2D eigenvalue weighted by Crippen LogP contribution is 2.26. The van der Waals surface area contributed by atoms with E-state index in [1.807, 2.05) is 11.6 Å². The van der Waals surface area contributed by atoms with E-state index in [0.717, 1.165) is 4.96 Å². The van der Waals surface area contributed by atoms with Crippen molar-refractivity contribution in [2.24, 2.45) is 0 Å². The van der Waals surface area contributed by atoms with Crippen molar-refractivity contribution in [2.75, 3.05) is 7.11 Å². The number of aromatic nitrogens is 2. The monoisotopic (exact) mass is 334 g/mol. The number of carbonyl (C=O) groups is 1. The third kappa shape index (κ3) is 2.84. The molecule has 0 atom stereocenters. The Morgan fingerprint density at radius 1 is 1.36 bits per heavy atom. The number of hydrogen-bond acceptors (Lipinski definition) is 5. The fraction of sp³-hybridized carbons (Fsp3) is 0.0667. The van der Waals surface area contributed by atoms with Crippen molar-refractivity contribution in [3.63, 3.8) is 0 Å². The minimum atomic E-state index is -0.522. The van der Waals surface area contributed by atoms with Crippen LogP contribution in [0, 0.1) is 0 Å². The molecule has 0 bridgehead atoms. The Bertz CT molecular complexity index is 853. The first-order chi connectivity index (χ1) is 10.7. The Morgan fingerprint density at radius 2 is 2.14 bits per heavy atom. The molecule has 3 aromatic rings. The molecule has 0 radical (unpaired) electrons. The standard InChI is InChI=1S/C15H11ClN2O3S/c1-20-11-4-2-3-5-12(11)21-13(19)7-6-10-14(16)17-15-18(10)8-9-22-15/h2-9H,1H3/b7-6+. The highest BCUT2D eigenvalue weighted by atomic mass is 35.5. The molecule has 0 aliphatic heterocycles. The van der Waals surface area contributed by atoms with Crippen LogP contribution >= 0.6 is 22.9 Å². The molecule has 2 aromatic heterocycles. The lowest BCUT2D eigenvalue weighted by Gasteiger charge is -2.06. The second-order valence-electron chi connectivity index (χ2n) is 4.25. The van der Waals surface area contributed by atoms with Crippen molar-refractivity contribution in [3.05, 3.63) is 52.8 Å². The Labute approximate surface area is 135 Å². The summed E-state index contributed by atoms with van der Waals surface area (Å²) in [4.78, 5) is 16.9. The maximum Gasteiger partial charge on any atom is 0.336 e. The van der Waals surface area contributed by atoms with Crippen molar-refractivity contribution >= 4 is 39.9 Å². The first-order valence-electron chi connectivity index (χ1n) is 6.33. The number of benzene rings is 1. The van der Waals surface area contributed by atoms with Crippen molar-refractivity contribution in [1.29, 1.82) is 0 Å². The third-order valence-electron chi connectivity index (χ3n) is 2.91. The van der Waals surface area contributed by atoms with Crippen LogP contribution in [0.5, 0.6) is 11.5 Å². The van der Waals surface area contributed by atoms with E-state index in [1.165, 1.54) is 24.5 Å². The van der Waals surface area contributed by atoms with Gasteiger partial charge in [0.15, 0.2) is 21.6 Å². The fourth-order valence-corrected chi connectivity index (χ4v) is 2.92. The molecule has 0 saturated heterocycles. The van der Waals surface area contributed by atoms with E-state index in [9.17, 15) is 4.79 Å². The third-order valence-corrected chi connectivity index (χ3v) is 3.95. The summed E-state index contributed by atoms with van der Waals surface area (Å²) in [5.41, 5.74) is 0.634. The van der Waals surface area contributed by atoms with Gasteiger partial charge in [-0.25, -0.2) is 9.78 Å². The summed E-state index contributed by atoms with van der Waals surface area (Å²) in [5, 5.41) is 2.23. The van der Waals surface area contributed by atoms with Crippen LogP contribution in [-0.4, -0.2) is 22.5 Å². The Hall–Kier alpha value is -2.31. The topological polar surface area (TPSA) is 52.8 Å². The summed E-state index contributed by atoms with van der Waals surface area (Å²) in [5.74, 6) is 0.331. The van der Waals surface area contributed by atoms with Gasteiger partial charge in [-0.1, -0.05) is 23.7 Å². The van der Waals surface area contributed by atoms with Gasteiger partial charge in [-0.3, -0.25) is 4.40 Å². The highest BCUT2D eigenvalue weighted by Gasteiger charge is 2.10. The minimum absolute atomic E-state index is 0.341. The quantitative estimate of drug-likeness (QED) is 0.415. The number of imidazole rings is 1. The summed E-state index contributed by atoms with van der Waals surface area (Å²) >= 11 is 7.52. The predicted octanol–water partition coefficient (Wildman–Crippen LogP) is 3.68. The molecule has 0 saturated carbocycles. The summed E-state index contributed by atoms with van der Waals surface area (Å²) in [7, 11) is 1.52. The first-order valence-corrected chi connectivity index (χ1v) is 7.59. The SMILES string of the molecule is COc1ccccc1OC(=O)/C=C/c1c(Cl)nc2sccn12. The van der Waals surface area contributed by atoms with Gasteiger partial charge < -0.3 is 9.47 Å². The first kappa shape index (κ1) is 14.6. The van der Waals surface area contributed by atoms with Gasteiger partial charge in [-0.15, -0.1) is 11.3 Å². The number of rotatable bonds is 4. The number of para-hydroxylation sites is 2. The second-order valence-corrected chi connectivity index (χ2v) is 5.48. The number of hydrogen-bond donors (Lipinski definition) is 0. The van der Waals surface area contributed by atoms with Crippen molar-refractivity contribution < 1.29 is 14.3 Å². The van der Waals surface area contributed by atoms with E-state index in [2.05, 4.69) is 4.98 Å². The van der Waals surface area contributed by atoms with Gasteiger partial charge in [0.05, 0.1) is 12.8 Å². The zero-order valence-electron chi connectivity index (χ0n) is 11.5. The largest absolute Gasteiger partial charge is 0.493 e. The Balaban J connectivity index is 1.79. The molecule has 0 fully saturated rings. The van der Waals surface area contributed by atoms with E-state index < -0.39 is 5.97 Å². The van der Waals surface area contributed by atoms with Crippen molar-refractivity contribution in [2.45, 2.75) is 0 Å². The lowest BCUT2D eigenvalue weighted by Crippen LogP contribution is -2.05. The molecule has 5 nitrogen and oxygen atoms in total. The van der Waals surface area contributed by atoms with Crippen LogP contribution in [0.1, 0.15) is 5.69 Å². The van der Waals surface area contributed by atoms with Crippen molar-refractivity contribution in [1.82, 2.24) is 9.38 Å². The number of nitrogens with zero attached hydrogens (tertiary/aromatic N) is 2. The molecule has 0 aliphatic rings. The average molecular weight is 335 g/mol. The molecule has 22 heavy (non-hydrogen) atoms. The van der Waals surface area contributed by atoms with Crippen LogP contribution in [0.4, 0.5) is 0 Å². The Kier molecular flexibility index (Phi) is 4.13. The number of carbonyl (C=O) groups excluding carboxylic acids is 1. The van der Waals surface area contributed by atoms with E-state index >= 15 is 0 Å². The maximum atomic E-state index is 11.9. The summed E-state index contributed by atoms with van der Waals surface area (Å²) < 4.78 is 12.2. The summed E-state index contributed by atoms with van der Waals surface area (Å²) in [6, 6.07) is 6.94. The van der Waals surface area contributed by atoms with Crippen LogP contribution in [0.2, 0.25) is 5.15 Å². The van der Waals surface area contributed by atoms with Gasteiger partial charge in [-0.05, 0) is 18.2 Å². The molecule has 112 valence electrons. The minimum Gasteiger partial charge on any atom is -0.493 e. The number of thiazole rings is 1. The summed E-state index contributed by atoms with van der Waals surface area (Å²) in [6.07, 6.45) is 4.72. The van der Waals surface area contributed by atoms with E-state index in [-0.39, 0.29) is 0 Å². The average Bonchev–Trinajstić information content (AvgIpc) is 3.06. The lowest BCUT2D eigenvalue weighted by atomic mass is 10.3. The number of methoxy groups -OCH3 is 1. The van der Waals surface area contributed by atoms with E-state index in [1.54, 1.807) is 34.7 Å². The maximum absolute atomic E-state index is 11.9. The number of halogens is 1. The molecule has 3 rings (SSSR count). The highest BCUT2D eigenvalue weighted by molar-refractivity contribution is 7.15. The molecule has 7 heteroatoms. The zero-order chi connectivity index (χ0) is 15.5. The smallest absolute Gasteiger partial charge is 0.336 e. The fourth-order valence-electron chi connectivity index (χ4n) is 1.92. The molecule has 1 aromatic carbocycles.